The van der Waals surface area contributed by atoms with Crippen LogP contribution in [-0.4, -0.2) is 66.9 Å². The molecular formula is C13H23N3O2. The average Bonchev–Trinajstić information content (AvgIpc) is 2.37. The Hall–Kier alpha value is -1.52. The number of allylic oxidation sites excluding steroid dienone is 1. The molecule has 0 saturated carbocycles. The Bertz CT molecular complexity index is 342. The van der Waals surface area contributed by atoms with Crippen LogP contribution in [0.3, 0.4) is 0 Å². The van der Waals surface area contributed by atoms with Crippen LogP contribution in [0, 0.1) is 0 Å². The van der Waals surface area contributed by atoms with Gasteiger partial charge in [0.1, 0.15) is 0 Å². The highest BCUT2D eigenvalue weighted by Gasteiger charge is 2.25. The molecule has 1 aliphatic heterocycles. The number of carbonyl (C=O) groups excluding carboxylic acids is 2. The Kier molecular flexibility index (Phi) is 5.19. The number of urea groups is 1. The van der Waals surface area contributed by atoms with Crippen LogP contribution in [0.2, 0.25) is 0 Å². The minimum absolute atomic E-state index is 0.0166. The van der Waals surface area contributed by atoms with Crippen molar-refractivity contribution in [3.63, 3.8) is 0 Å². The van der Waals surface area contributed by atoms with Crippen molar-refractivity contribution in [2.75, 3.05) is 40.3 Å². The van der Waals surface area contributed by atoms with Gasteiger partial charge in [0.2, 0.25) is 5.91 Å². The molecule has 5 heteroatoms. The number of piperazine rings is 1. The fraction of sp³-hybridized carbons (Fsp3) is 0.692. The molecule has 0 aromatic heterocycles. The summed E-state index contributed by atoms with van der Waals surface area (Å²) < 4.78 is 0. The molecule has 1 fully saturated rings. The van der Waals surface area contributed by atoms with Crippen molar-refractivity contribution in [2.24, 2.45) is 0 Å². The summed E-state index contributed by atoms with van der Waals surface area (Å²) >= 11 is 0. The van der Waals surface area contributed by atoms with Gasteiger partial charge in [0.15, 0.2) is 0 Å². The summed E-state index contributed by atoms with van der Waals surface area (Å²) in [6.45, 7) is 6.33. The molecule has 3 amide bonds. The molecule has 102 valence electrons. The van der Waals surface area contributed by atoms with Gasteiger partial charge < -0.3 is 14.7 Å². The number of rotatable bonds is 2. The maximum absolute atomic E-state index is 12.0. The van der Waals surface area contributed by atoms with E-state index in [0.717, 1.165) is 12.0 Å². The molecule has 0 spiro atoms. The Morgan fingerprint density at radius 3 is 2.06 bits per heavy atom. The first-order chi connectivity index (χ1) is 8.47. The van der Waals surface area contributed by atoms with Gasteiger partial charge in [-0.15, -0.1) is 0 Å². The van der Waals surface area contributed by atoms with E-state index in [1.165, 1.54) is 0 Å². The van der Waals surface area contributed by atoms with Crippen LogP contribution in [-0.2, 0) is 4.79 Å². The second-order valence-electron chi connectivity index (χ2n) is 4.75. The van der Waals surface area contributed by atoms with E-state index in [0.29, 0.717) is 26.2 Å². The Balaban J connectivity index is 2.52. The van der Waals surface area contributed by atoms with E-state index >= 15 is 0 Å². The fourth-order valence-electron chi connectivity index (χ4n) is 2.03. The summed E-state index contributed by atoms with van der Waals surface area (Å²) in [7, 11) is 3.49. The van der Waals surface area contributed by atoms with E-state index < -0.39 is 0 Å². The van der Waals surface area contributed by atoms with E-state index in [1.54, 1.807) is 23.9 Å². The quantitative estimate of drug-likeness (QED) is 0.693. The van der Waals surface area contributed by atoms with Crippen LogP contribution in [0.15, 0.2) is 11.6 Å². The molecule has 0 aliphatic carbocycles. The standard InChI is InChI=1S/C13H23N3O2/c1-5-6-11(2)12(17)15-7-9-16(10-8-15)13(18)14(3)4/h6H,5,7-10H2,1-4H3/b11-6-. The van der Waals surface area contributed by atoms with Crippen molar-refractivity contribution in [1.82, 2.24) is 14.7 Å². The lowest BCUT2D eigenvalue weighted by Crippen LogP contribution is -2.53. The molecule has 1 rings (SSSR count). The molecule has 18 heavy (non-hydrogen) atoms. The normalized spacial score (nSPS) is 16.8. The van der Waals surface area contributed by atoms with Crippen molar-refractivity contribution in [2.45, 2.75) is 20.3 Å². The highest BCUT2D eigenvalue weighted by Crippen LogP contribution is 2.08. The van der Waals surface area contributed by atoms with E-state index in [1.807, 2.05) is 24.8 Å². The topological polar surface area (TPSA) is 43.9 Å². The van der Waals surface area contributed by atoms with Gasteiger partial charge in [0, 0.05) is 45.8 Å². The molecule has 0 unspecified atom stereocenters. The molecule has 0 radical (unpaired) electrons. The maximum Gasteiger partial charge on any atom is 0.319 e. The molecule has 0 bridgehead atoms. The molecule has 1 heterocycles. The van der Waals surface area contributed by atoms with Crippen LogP contribution >= 0.6 is 0 Å². The lowest BCUT2D eigenvalue weighted by atomic mass is 10.2. The van der Waals surface area contributed by atoms with Gasteiger partial charge in [-0.25, -0.2) is 4.79 Å². The largest absolute Gasteiger partial charge is 0.335 e. The number of nitrogens with zero attached hydrogens (tertiary/aromatic N) is 3. The van der Waals surface area contributed by atoms with Crippen molar-refractivity contribution in [3.05, 3.63) is 11.6 Å². The third-order valence-corrected chi connectivity index (χ3v) is 3.07. The Morgan fingerprint density at radius 2 is 1.61 bits per heavy atom. The fourth-order valence-corrected chi connectivity index (χ4v) is 2.03. The first-order valence-corrected chi connectivity index (χ1v) is 6.39. The van der Waals surface area contributed by atoms with Gasteiger partial charge in [0.25, 0.3) is 0 Å². The molecule has 5 nitrogen and oxygen atoms in total. The maximum atomic E-state index is 12.0. The van der Waals surface area contributed by atoms with Crippen molar-refractivity contribution in [1.29, 1.82) is 0 Å². The first kappa shape index (κ1) is 14.5. The minimum Gasteiger partial charge on any atom is -0.335 e. The summed E-state index contributed by atoms with van der Waals surface area (Å²) in [5.74, 6) is 0.0915. The summed E-state index contributed by atoms with van der Waals surface area (Å²) in [6, 6.07) is 0.0166. The summed E-state index contributed by atoms with van der Waals surface area (Å²) in [5, 5.41) is 0. The number of amides is 3. The van der Waals surface area contributed by atoms with Crippen LogP contribution in [0.5, 0.6) is 0 Å². The monoisotopic (exact) mass is 253 g/mol. The third kappa shape index (κ3) is 3.48. The molecule has 0 N–H and O–H groups in total. The van der Waals surface area contributed by atoms with Gasteiger partial charge in [0.05, 0.1) is 0 Å². The van der Waals surface area contributed by atoms with E-state index in [9.17, 15) is 9.59 Å². The van der Waals surface area contributed by atoms with Crippen LogP contribution in [0.25, 0.3) is 0 Å². The average molecular weight is 253 g/mol. The molecule has 1 saturated heterocycles. The van der Waals surface area contributed by atoms with Gasteiger partial charge in [-0.05, 0) is 13.3 Å². The van der Waals surface area contributed by atoms with Gasteiger partial charge in [-0.1, -0.05) is 13.0 Å². The van der Waals surface area contributed by atoms with Crippen molar-refractivity contribution >= 4 is 11.9 Å². The third-order valence-electron chi connectivity index (χ3n) is 3.07. The SMILES string of the molecule is CC/C=C(/C)C(=O)N1CCN(C(=O)N(C)C)CC1. The molecule has 1 aliphatic rings. The second kappa shape index (κ2) is 6.42. The lowest BCUT2D eigenvalue weighted by Gasteiger charge is -2.36. The predicted molar refractivity (Wildman–Crippen MR) is 71.3 cm³/mol. The molecule has 0 atom stereocenters. The zero-order valence-electron chi connectivity index (χ0n) is 11.8. The highest BCUT2D eigenvalue weighted by atomic mass is 16.2. The van der Waals surface area contributed by atoms with Crippen molar-refractivity contribution < 1.29 is 9.59 Å². The van der Waals surface area contributed by atoms with E-state index in [4.69, 9.17) is 0 Å². The van der Waals surface area contributed by atoms with Crippen LogP contribution < -0.4 is 0 Å². The Morgan fingerprint density at radius 1 is 1.11 bits per heavy atom. The number of hydrogen-bond donors (Lipinski definition) is 0. The smallest absolute Gasteiger partial charge is 0.319 e. The van der Waals surface area contributed by atoms with Crippen LogP contribution in [0.1, 0.15) is 20.3 Å². The second-order valence-corrected chi connectivity index (χ2v) is 4.75. The summed E-state index contributed by atoms with van der Waals surface area (Å²) in [4.78, 5) is 29.0. The number of hydrogen-bond acceptors (Lipinski definition) is 2. The molecular weight excluding hydrogens is 230 g/mol. The van der Waals surface area contributed by atoms with Gasteiger partial charge >= 0.3 is 6.03 Å². The van der Waals surface area contributed by atoms with E-state index in [2.05, 4.69) is 0 Å². The lowest BCUT2D eigenvalue weighted by molar-refractivity contribution is -0.128. The van der Waals surface area contributed by atoms with Gasteiger partial charge in [-0.2, -0.15) is 0 Å². The molecule has 0 aromatic carbocycles. The highest BCUT2D eigenvalue weighted by molar-refractivity contribution is 5.93. The Labute approximate surface area is 109 Å². The summed E-state index contributed by atoms with van der Waals surface area (Å²) in [5.41, 5.74) is 0.796. The first-order valence-electron chi connectivity index (χ1n) is 6.39. The zero-order chi connectivity index (χ0) is 13.7. The minimum atomic E-state index is 0.0166. The summed E-state index contributed by atoms with van der Waals surface area (Å²) in [6.07, 6.45) is 2.82. The zero-order valence-corrected chi connectivity index (χ0v) is 11.8. The van der Waals surface area contributed by atoms with Crippen molar-refractivity contribution in [3.8, 4) is 0 Å². The molecule has 0 aromatic rings. The predicted octanol–water partition coefficient (Wildman–Crippen LogP) is 1.17. The van der Waals surface area contributed by atoms with Crippen LogP contribution in [0.4, 0.5) is 4.79 Å². The van der Waals surface area contributed by atoms with E-state index in [-0.39, 0.29) is 11.9 Å². The van der Waals surface area contributed by atoms with Gasteiger partial charge in [-0.3, -0.25) is 4.79 Å². The number of carbonyl (C=O) groups is 2.